The lowest BCUT2D eigenvalue weighted by Crippen LogP contribution is -2.40. The number of hydrazone groups is 1. The number of esters is 1. The van der Waals surface area contributed by atoms with E-state index in [1.165, 1.54) is 6.07 Å². The number of hydrogen-bond donors (Lipinski definition) is 5. The minimum absolute atomic E-state index is 0.0187. The van der Waals surface area contributed by atoms with Crippen molar-refractivity contribution in [3.05, 3.63) is 49.1 Å². The van der Waals surface area contributed by atoms with Gasteiger partial charge in [-0.2, -0.15) is 10.1 Å². The van der Waals surface area contributed by atoms with Crippen LogP contribution in [0.2, 0.25) is 0 Å². The second-order valence-corrected chi connectivity index (χ2v) is 6.57. The summed E-state index contributed by atoms with van der Waals surface area (Å²) in [6.07, 6.45) is 0. The molecule has 0 spiro atoms. The van der Waals surface area contributed by atoms with Crippen molar-refractivity contribution >= 4 is 58.3 Å². The molecule has 1 unspecified atom stereocenters. The maximum Gasteiger partial charge on any atom is 0.355 e. The molecule has 0 saturated carbocycles. The Morgan fingerprint density at radius 2 is 2.03 bits per heavy atom. The van der Waals surface area contributed by atoms with Crippen LogP contribution in [0.4, 0.5) is 11.6 Å². The van der Waals surface area contributed by atoms with Crippen LogP contribution < -0.4 is 16.7 Å². The molecule has 3 rings (SSSR count). The number of hydrogen-bond acceptors (Lipinski definition) is 12. The number of carbonyl (C=O) groups excluding carboxylic acids is 3. The molecule has 0 fully saturated rings. The molecule has 33 heavy (non-hydrogen) atoms. The van der Waals surface area contributed by atoms with Crippen LogP contribution in [0.25, 0.3) is 11.0 Å². The maximum atomic E-state index is 13.0. The van der Waals surface area contributed by atoms with Gasteiger partial charge in [-0.25, -0.2) is 9.78 Å². The summed E-state index contributed by atoms with van der Waals surface area (Å²) >= 11 is 4.75. The quantitative estimate of drug-likeness (QED) is 0.0548. The number of Topliss-reactive ketones (excluding diaryl/α,β-unsaturated/α-hetero) is 1. The summed E-state index contributed by atoms with van der Waals surface area (Å²) in [5, 5.41) is 21.1. The molecule has 6 N–H and O–H groups in total. The van der Waals surface area contributed by atoms with E-state index < -0.39 is 45.5 Å². The monoisotopic (exact) mass is 475 g/mol. The average molecular weight is 475 g/mol. The number of nitrogens with one attached hydrogen (secondary N) is 4. The fourth-order valence-electron chi connectivity index (χ4n) is 2.75. The van der Waals surface area contributed by atoms with Crippen molar-refractivity contribution in [3.63, 3.8) is 0 Å². The highest BCUT2D eigenvalue weighted by molar-refractivity contribution is 7.71. The van der Waals surface area contributed by atoms with Gasteiger partial charge in [-0.05, 0) is 18.3 Å². The van der Waals surface area contributed by atoms with E-state index in [9.17, 15) is 29.3 Å². The SMILES string of the molecule is COC(=O)/C(=N/N)C(C(=O)C(=O)Nc1nc(=S)[nH][nH]1)c1nc2ccc([N+](=O)[O-])cc2[nH]c1=O. The number of methoxy groups -OCH3 is 1. The Hall–Kier alpha value is -4.80. The number of nitrogens with two attached hydrogens (primary N) is 1. The van der Waals surface area contributed by atoms with Gasteiger partial charge in [0.05, 0.1) is 23.1 Å². The van der Waals surface area contributed by atoms with Gasteiger partial charge < -0.3 is 15.6 Å². The number of fused-ring (bicyclic) bond motifs is 1. The zero-order chi connectivity index (χ0) is 24.3. The van der Waals surface area contributed by atoms with Crippen LogP contribution in [0.15, 0.2) is 28.1 Å². The molecule has 0 aliphatic heterocycles. The number of nitrogens with zero attached hydrogens (tertiary/aromatic N) is 4. The van der Waals surface area contributed by atoms with Crippen molar-refractivity contribution in [1.29, 1.82) is 0 Å². The second-order valence-electron chi connectivity index (χ2n) is 6.18. The first-order valence-corrected chi connectivity index (χ1v) is 9.11. The van der Waals surface area contributed by atoms with Crippen molar-refractivity contribution in [1.82, 2.24) is 25.1 Å². The first-order chi connectivity index (χ1) is 15.7. The molecule has 0 aliphatic carbocycles. The number of nitro groups is 1. The highest BCUT2D eigenvalue weighted by atomic mass is 32.1. The fraction of sp³-hybridized carbons (Fsp3) is 0.125. The van der Waals surface area contributed by atoms with Crippen molar-refractivity contribution in [3.8, 4) is 0 Å². The number of anilines is 1. The van der Waals surface area contributed by atoms with Gasteiger partial charge in [0, 0.05) is 12.1 Å². The van der Waals surface area contributed by atoms with Gasteiger partial charge >= 0.3 is 5.97 Å². The molecular weight excluding hydrogens is 462 g/mol. The predicted molar refractivity (Wildman–Crippen MR) is 113 cm³/mol. The minimum Gasteiger partial charge on any atom is -0.464 e. The van der Waals surface area contributed by atoms with Crippen LogP contribution >= 0.6 is 12.2 Å². The lowest BCUT2D eigenvalue weighted by atomic mass is 9.93. The molecule has 3 aromatic rings. The molecule has 16 nitrogen and oxygen atoms in total. The van der Waals surface area contributed by atoms with Gasteiger partial charge in [0.15, 0.2) is 5.71 Å². The Morgan fingerprint density at radius 1 is 1.30 bits per heavy atom. The standard InChI is InChI=1S/C16H13N9O7S/c1-32-14(29)10(22-17)8(11(26)13(28)20-15-21-16(33)24-23-15)9-12(27)19-7-4-5(25(30)31)2-3-6(7)18-9/h2-4,8H,17H2,1H3,(H,19,27)(H3,20,21,23,24,28,33)/b22-10+. The van der Waals surface area contributed by atoms with E-state index >= 15 is 0 Å². The summed E-state index contributed by atoms with van der Waals surface area (Å²) in [6, 6.07) is 3.36. The van der Waals surface area contributed by atoms with E-state index in [1.54, 1.807) is 0 Å². The van der Waals surface area contributed by atoms with Crippen molar-refractivity contribution in [2.24, 2.45) is 10.9 Å². The van der Waals surface area contributed by atoms with Crippen LogP contribution in [0.1, 0.15) is 11.6 Å². The molecule has 0 bridgehead atoms. The maximum absolute atomic E-state index is 13.0. The summed E-state index contributed by atoms with van der Waals surface area (Å²) in [6.45, 7) is 0. The second kappa shape index (κ2) is 9.14. The average Bonchev–Trinajstić information content (AvgIpc) is 3.20. The fourth-order valence-corrected chi connectivity index (χ4v) is 2.90. The number of carbonyl (C=O) groups is 3. The van der Waals surface area contributed by atoms with Gasteiger partial charge in [0.1, 0.15) is 11.6 Å². The Morgan fingerprint density at radius 3 is 2.61 bits per heavy atom. The number of ether oxygens (including phenoxy) is 1. The Bertz CT molecular complexity index is 1440. The van der Waals surface area contributed by atoms with E-state index in [-0.39, 0.29) is 27.4 Å². The number of aromatic amines is 3. The van der Waals surface area contributed by atoms with Gasteiger partial charge in [0.25, 0.3) is 17.2 Å². The summed E-state index contributed by atoms with van der Waals surface area (Å²) in [5.41, 5.74) is -2.77. The largest absolute Gasteiger partial charge is 0.464 e. The van der Waals surface area contributed by atoms with E-state index in [0.29, 0.717) is 0 Å². The first-order valence-electron chi connectivity index (χ1n) is 8.70. The zero-order valence-corrected chi connectivity index (χ0v) is 17.3. The third-order valence-electron chi connectivity index (χ3n) is 4.21. The lowest BCUT2D eigenvalue weighted by Gasteiger charge is -2.15. The summed E-state index contributed by atoms with van der Waals surface area (Å²) < 4.78 is 4.52. The van der Waals surface area contributed by atoms with Crippen LogP contribution in [0.3, 0.4) is 0 Å². The highest BCUT2D eigenvalue weighted by Gasteiger charge is 2.39. The third kappa shape index (κ3) is 4.61. The smallest absolute Gasteiger partial charge is 0.355 e. The van der Waals surface area contributed by atoms with Gasteiger partial charge in [-0.3, -0.25) is 40.0 Å². The number of ketones is 1. The third-order valence-corrected chi connectivity index (χ3v) is 4.41. The van der Waals surface area contributed by atoms with Gasteiger partial charge in [0.2, 0.25) is 16.5 Å². The Balaban J connectivity index is 2.13. The first kappa shape index (κ1) is 22.9. The summed E-state index contributed by atoms with van der Waals surface area (Å²) in [5.74, 6) is -0.813. The summed E-state index contributed by atoms with van der Waals surface area (Å²) in [4.78, 5) is 70.7. The van der Waals surface area contributed by atoms with Crippen molar-refractivity contribution < 1.29 is 24.0 Å². The Kier molecular flexibility index (Phi) is 6.34. The molecule has 2 heterocycles. The van der Waals surface area contributed by atoms with E-state index in [1.807, 2.05) is 0 Å². The number of benzene rings is 1. The molecule has 0 saturated heterocycles. The minimum atomic E-state index is -1.98. The normalized spacial score (nSPS) is 12.2. The van der Waals surface area contributed by atoms with E-state index in [2.05, 4.69) is 40.3 Å². The molecule has 2 aromatic heterocycles. The molecule has 170 valence electrons. The molecule has 0 aliphatic rings. The van der Waals surface area contributed by atoms with E-state index in [0.717, 1.165) is 19.2 Å². The number of non-ortho nitro benzene ring substituents is 1. The number of rotatable bonds is 7. The zero-order valence-electron chi connectivity index (χ0n) is 16.4. The molecule has 1 atom stereocenters. The number of aromatic nitrogens is 5. The molecule has 17 heteroatoms. The topological polar surface area (TPSA) is 244 Å². The molecular formula is C16H13N9O7S. The van der Waals surface area contributed by atoms with Crippen LogP contribution in [0.5, 0.6) is 0 Å². The van der Waals surface area contributed by atoms with Gasteiger partial charge in [-0.1, -0.05) is 0 Å². The van der Waals surface area contributed by atoms with Crippen molar-refractivity contribution in [2.45, 2.75) is 5.92 Å². The van der Waals surface area contributed by atoms with Gasteiger partial charge in [-0.15, -0.1) is 0 Å². The number of nitro benzene ring substituents is 1. The van der Waals surface area contributed by atoms with E-state index in [4.69, 9.17) is 18.1 Å². The van der Waals surface area contributed by atoms with Crippen LogP contribution in [0, 0.1) is 14.9 Å². The molecule has 1 aromatic carbocycles. The van der Waals surface area contributed by atoms with Crippen LogP contribution in [-0.2, 0) is 19.1 Å². The summed E-state index contributed by atoms with van der Waals surface area (Å²) in [7, 11) is 0.968. The molecule has 0 radical (unpaired) electrons. The highest BCUT2D eigenvalue weighted by Crippen LogP contribution is 2.21. The lowest BCUT2D eigenvalue weighted by molar-refractivity contribution is -0.384. The van der Waals surface area contributed by atoms with Crippen LogP contribution in [-0.4, -0.2) is 60.6 Å². The predicted octanol–water partition coefficient (Wildman–Crippen LogP) is -0.609. The number of H-pyrrole nitrogens is 3. The van der Waals surface area contributed by atoms with Crippen molar-refractivity contribution in [2.75, 3.05) is 12.4 Å². The number of amides is 1. The molecule has 1 amide bonds. The Labute approximate surface area is 186 Å².